The summed E-state index contributed by atoms with van der Waals surface area (Å²) < 4.78 is 54.9. The maximum absolute atomic E-state index is 13.7. The van der Waals surface area contributed by atoms with Crippen LogP contribution < -0.4 is 11.1 Å². The third kappa shape index (κ3) is 5.24. The third-order valence-corrected chi connectivity index (χ3v) is 5.00. The van der Waals surface area contributed by atoms with E-state index in [2.05, 4.69) is 15.6 Å². The molecular weight excluding hydrogens is 414 g/mol. The van der Waals surface area contributed by atoms with E-state index in [0.29, 0.717) is 4.68 Å². The summed E-state index contributed by atoms with van der Waals surface area (Å²) in [7, 11) is 0. The average Bonchev–Trinajstić information content (AvgIpc) is 3.12. The lowest BCUT2D eigenvalue weighted by Crippen LogP contribution is -2.46. The minimum Gasteiger partial charge on any atom is -0.346 e. The van der Waals surface area contributed by atoms with Gasteiger partial charge in [-0.15, -0.1) is 17.5 Å². The standard InChI is InChI=1S/C18H21F4N5O.ClH/c19-12-7-4-8-13(9-12)27-16(18(20,21)22)15(25-26-27)17(28)24-14(10-23)11-5-2-1-3-6-11;/h4,7-9,11,14H,1-3,5-6,10,23H2,(H,24,28);1H. The van der Waals surface area contributed by atoms with Crippen LogP contribution >= 0.6 is 12.4 Å². The fourth-order valence-electron chi connectivity index (χ4n) is 3.62. The second-order valence-electron chi connectivity index (χ2n) is 6.89. The molecule has 6 nitrogen and oxygen atoms in total. The molecule has 1 amide bonds. The third-order valence-electron chi connectivity index (χ3n) is 5.00. The quantitative estimate of drug-likeness (QED) is 0.704. The summed E-state index contributed by atoms with van der Waals surface area (Å²) in [5, 5.41) is 9.47. The molecule has 1 atom stereocenters. The number of nitrogens with two attached hydrogens (primary N) is 1. The highest BCUT2D eigenvalue weighted by Crippen LogP contribution is 2.33. The molecule has 1 aromatic carbocycles. The lowest BCUT2D eigenvalue weighted by atomic mass is 9.84. The van der Waals surface area contributed by atoms with Crippen LogP contribution in [0, 0.1) is 11.7 Å². The molecule has 0 bridgehead atoms. The highest BCUT2D eigenvalue weighted by molar-refractivity contribution is 5.93. The van der Waals surface area contributed by atoms with E-state index >= 15 is 0 Å². The fraction of sp³-hybridized carbons (Fsp3) is 0.500. The molecule has 1 saturated carbocycles. The van der Waals surface area contributed by atoms with E-state index in [9.17, 15) is 22.4 Å². The van der Waals surface area contributed by atoms with Crippen molar-refractivity contribution in [3.8, 4) is 5.69 Å². The van der Waals surface area contributed by atoms with Gasteiger partial charge in [0.15, 0.2) is 11.4 Å². The van der Waals surface area contributed by atoms with Crippen LogP contribution in [0.15, 0.2) is 24.3 Å². The summed E-state index contributed by atoms with van der Waals surface area (Å²) in [6, 6.07) is 4.04. The zero-order chi connectivity index (χ0) is 20.3. The average molecular weight is 436 g/mol. The summed E-state index contributed by atoms with van der Waals surface area (Å²) in [5.41, 5.74) is 3.36. The van der Waals surface area contributed by atoms with Crippen LogP contribution in [-0.4, -0.2) is 33.5 Å². The molecule has 2 aromatic rings. The molecule has 0 saturated heterocycles. The molecule has 0 aliphatic heterocycles. The van der Waals surface area contributed by atoms with Crippen LogP contribution in [0.4, 0.5) is 17.6 Å². The van der Waals surface area contributed by atoms with E-state index in [0.717, 1.165) is 44.2 Å². The van der Waals surface area contributed by atoms with Crippen molar-refractivity contribution in [3.05, 3.63) is 41.5 Å². The predicted molar refractivity (Wildman–Crippen MR) is 100 cm³/mol. The number of aromatic nitrogens is 3. The first kappa shape index (κ1) is 23.1. The van der Waals surface area contributed by atoms with E-state index in [-0.39, 0.29) is 30.6 Å². The number of halogens is 5. The van der Waals surface area contributed by atoms with Crippen LogP contribution in [-0.2, 0) is 6.18 Å². The zero-order valence-corrected chi connectivity index (χ0v) is 16.3. The van der Waals surface area contributed by atoms with Gasteiger partial charge in [0, 0.05) is 12.6 Å². The van der Waals surface area contributed by atoms with Gasteiger partial charge >= 0.3 is 6.18 Å². The number of carbonyl (C=O) groups excluding carboxylic acids is 1. The Morgan fingerprint density at radius 3 is 2.55 bits per heavy atom. The van der Waals surface area contributed by atoms with Crippen LogP contribution in [0.5, 0.6) is 0 Å². The van der Waals surface area contributed by atoms with Gasteiger partial charge in [-0.25, -0.2) is 9.07 Å². The van der Waals surface area contributed by atoms with Crippen LogP contribution in [0.1, 0.15) is 48.3 Å². The Kier molecular flexibility index (Phi) is 7.59. The molecule has 0 radical (unpaired) electrons. The zero-order valence-electron chi connectivity index (χ0n) is 15.5. The van der Waals surface area contributed by atoms with Crippen molar-refractivity contribution >= 4 is 18.3 Å². The summed E-state index contributed by atoms with van der Waals surface area (Å²) in [4.78, 5) is 12.6. The molecule has 1 aliphatic carbocycles. The molecule has 1 aromatic heterocycles. The number of hydrogen-bond acceptors (Lipinski definition) is 4. The van der Waals surface area contributed by atoms with E-state index < -0.39 is 35.3 Å². The van der Waals surface area contributed by atoms with Gasteiger partial charge in [0.2, 0.25) is 0 Å². The van der Waals surface area contributed by atoms with E-state index in [1.807, 2.05) is 0 Å². The van der Waals surface area contributed by atoms with Crippen LogP contribution in [0.3, 0.4) is 0 Å². The summed E-state index contributed by atoms with van der Waals surface area (Å²) in [6.07, 6.45) is -0.0802. The van der Waals surface area contributed by atoms with Crippen LogP contribution in [0.2, 0.25) is 0 Å². The van der Waals surface area contributed by atoms with Gasteiger partial charge in [-0.3, -0.25) is 4.79 Å². The van der Waals surface area contributed by atoms with Gasteiger partial charge in [0.25, 0.3) is 5.91 Å². The minimum absolute atomic E-state index is 0. The minimum atomic E-state index is -4.91. The number of hydrogen-bond donors (Lipinski definition) is 2. The maximum Gasteiger partial charge on any atom is 0.435 e. The van der Waals surface area contributed by atoms with Crippen molar-refractivity contribution < 1.29 is 22.4 Å². The number of amides is 1. The molecule has 1 heterocycles. The van der Waals surface area contributed by atoms with Gasteiger partial charge in [0.05, 0.1) is 5.69 Å². The highest BCUT2D eigenvalue weighted by atomic mass is 35.5. The van der Waals surface area contributed by atoms with Gasteiger partial charge in [-0.1, -0.05) is 30.5 Å². The molecule has 1 fully saturated rings. The molecule has 160 valence electrons. The number of alkyl halides is 3. The maximum atomic E-state index is 13.7. The van der Waals surface area contributed by atoms with Gasteiger partial charge in [-0.2, -0.15) is 13.2 Å². The van der Waals surface area contributed by atoms with Crippen LogP contribution in [0.25, 0.3) is 5.69 Å². The van der Waals surface area contributed by atoms with E-state index in [1.54, 1.807) is 0 Å². The lowest BCUT2D eigenvalue weighted by molar-refractivity contribution is -0.143. The Morgan fingerprint density at radius 2 is 1.97 bits per heavy atom. The summed E-state index contributed by atoms with van der Waals surface area (Å²) in [5.74, 6) is -1.60. The summed E-state index contributed by atoms with van der Waals surface area (Å²) >= 11 is 0. The second kappa shape index (κ2) is 9.53. The lowest BCUT2D eigenvalue weighted by Gasteiger charge is -2.29. The Bertz CT molecular complexity index is 836. The predicted octanol–water partition coefficient (Wildman–Crippen LogP) is 3.48. The van der Waals surface area contributed by atoms with Crippen molar-refractivity contribution in [2.45, 2.75) is 44.3 Å². The molecule has 1 unspecified atom stereocenters. The Labute approximate surface area is 171 Å². The van der Waals surface area contributed by atoms with Gasteiger partial charge < -0.3 is 11.1 Å². The molecule has 11 heteroatoms. The largest absolute Gasteiger partial charge is 0.435 e. The van der Waals surface area contributed by atoms with E-state index in [4.69, 9.17) is 5.73 Å². The second-order valence-corrected chi connectivity index (χ2v) is 6.89. The van der Waals surface area contributed by atoms with Crippen molar-refractivity contribution in [1.29, 1.82) is 0 Å². The van der Waals surface area contributed by atoms with Crippen molar-refractivity contribution in [3.63, 3.8) is 0 Å². The molecule has 3 N–H and O–H groups in total. The number of rotatable bonds is 5. The van der Waals surface area contributed by atoms with Gasteiger partial charge in [-0.05, 0) is 37.0 Å². The van der Waals surface area contributed by atoms with Gasteiger partial charge in [0.1, 0.15) is 5.82 Å². The monoisotopic (exact) mass is 435 g/mol. The first-order valence-corrected chi connectivity index (χ1v) is 9.11. The Morgan fingerprint density at radius 1 is 1.28 bits per heavy atom. The Balaban J connectivity index is 0.00000300. The van der Waals surface area contributed by atoms with Crippen molar-refractivity contribution in [1.82, 2.24) is 20.3 Å². The topological polar surface area (TPSA) is 85.8 Å². The molecule has 29 heavy (non-hydrogen) atoms. The number of nitrogens with one attached hydrogen (secondary N) is 1. The highest BCUT2D eigenvalue weighted by Gasteiger charge is 2.42. The van der Waals surface area contributed by atoms with Crippen molar-refractivity contribution in [2.75, 3.05) is 6.54 Å². The van der Waals surface area contributed by atoms with E-state index in [1.165, 1.54) is 12.1 Å². The smallest absolute Gasteiger partial charge is 0.346 e. The van der Waals surface area contributed by atoms with Crippen molar-refractivity contribution in [2.24, 2.45) is 11.7 Å². The number of benzene rings is 1. The Hall–Kier alpha value is -2.20. The number of carbonyl (C=O) groups is 1. The SMILES string of the molecule is Cl.NCC(NC(=O)c1nnn(-c2cccc(F)c2)c1C(F)(F)F)C1CCCCC1. The number of nitrogens with zero attached hydrogens (tertiary/aromatic N) is 3. The first-order chi connectivity index (χ1) is 13.3. The molecule has 0 spiro atoms. The molecular formula is C18H22ClF4N5O. The normalized spacial score (nSPS) is 16.2. The summed E-state index contributed by atoms with van der Waals surface area (Å²) in [6.45, 7) is 0.121. The molecule has 1 aliphatic rings. The first-order valence-electron chi connectivity index (χ1n) is 9.11. The molecule has 3 rings (SSSR count). The fourth-order valence-corrected chi connectivity index (χ4v) is 3.62.